The molecule has 0 bridgehead atoms. The zero-order valence-electron chi connectivity index (χ0n) is 11.1. The standard InChI is InChI=1S/C14H12FN3O3/c1-8-2-5-12(10(15)6-8)17-14(19)9-3-4-11(16)13(7-9)18(20)21/h2-7H,16H2,1H3,(H,17,19). The van der Waals surface area contributed by atoms with E-state index < -0.39 is 16.6 Å². The molecule has 2 rings (SSSR count). The van der Waals surface area contributed by atoms with E-state index in [0.717, 1.165) is 6.07 Å². The largest absolute Gasteiger partial charge is 0.393 e. The first-order valence-electron chi connectivity index (χ1n) is 6.00. The molecule has 0 spiro atoms. The number of halogens is 1. The van der Waals surface area contributed by atoms with E-state index >= 15 is 0 Å². The Morgan fingerprint density at radius 2 is 2.00 bits per heavy atom. The van der Waals surface area contributed by atoms with E-state index in [1.807, 2.05) is 0 Å². The molecule has 6 nitrogen and oxygen atoms in total. The highest BCUT2D eigenvalue weighted by molar-refractivity contribution is 6.05. The number of carbonyl (C=O) groups excluding carboxylic acids is 1. The molecule has 3 N–H and O–H groups in total. The Hall–Kier alpha value is -2.96. The van der Waals surface area contributed by atoms with Crippen LogP contribution in [0.2, 0.25) is 0 Å². The Labute approximate surface area is 119 Å². The zero-order valence-corrected chi connectivity index (χ0v) is 11.1. The number of hydrogen-bond acceptors (Lipinski definition) is 4. The summed E-state index contributed by atoms with van der Waals surface area (Å²) in [5.41, 5.74) is 5.78. The first-order valence-corrected chi connectivity index (χ1v) is 6.00. The zero-order chi connectivity index (χ0) is 15.6. The van der Waals surface area contributed by atoms with Gasteiger partial charge < -0.3 is 11.1 Å². The van der Waals surface area contributed by atoms with E-state index in [1.54, 1.807) is 13.0 Å². The van der Waals surface area contributed by atoms with E-state index in [4.69, 9.17) is 5.73 Å². The van der Waals surface area contributed by atoms with Crippen molar-refractivity contribution < 1.29 is 14.1 Å². The molecule has 2 aromatic carbocycles. The van der Waals surface area contributed by atoms with Gasteiger partial charge in [0.2, 0.25) is 0 Å². The van der Waals surface area contributed by atoms with Crippen molar-refractivity contribution in [2.75, 3.05) is 11.1 Å². The van der Waals surface area contributed by atoms with Crippen LogP contribution >= 0.6 is 0 Å². The molecule has 0 aliphatic carbocycles. The number of nitro groups is 1. The molecule has 0 unspecified atom stereocenters. The Balaban J connectivity index is 2.28. The third kappa shape index (κ3) is 3.14. The Morgan fingerprint density at radius 1 is 1.29 bits per heavy atom. The number of nitrogen functional groups attached to an aromatic ring is 1. The normalized spacial score (nSPS) is 10.2. The van der Waals surface area contributed by atoms with Crippen LogP contribution in [0.15, 0.2) is 36.4 Å². The Kier molecular flexibility index (Phi) is 3.84. The number of aryl methyl sites for hydroxylation is 1. The summed E-state index contributed by atoms with van der Waals surface area (Å²) in [4.78, 5) is 22.1. The number of hydrogen-bond donors (Lipinski definition) is 2. The van der Waals surface area contributed by atoms with Crippen LogP contribution in [0.3, 0.4) is 0 Å². The quantitative estimate of drug-likeness (QED) is 0.515. The van der Waals surface area contributed by atoms with E-state index in [-0.39, 0.29) is 22.6 Å². The molecule has 0 atom stereocenters. The molecule has 21 heavy (non-hydrogen) atoms. The minimum absolute atomic E-state index is 0.00470. The molecule has 0 saturated heterocycles. The third-order valence-corrected chi connectivity index (χ3v) is 2.86. The minimum Gasteiger partial charge on any atom is -0.393 e. The van der Waals surface area contributed by atoms with Gasteiger partial charge in [-0.3, -0.25) is 14.9 Å². The summed E-state index contributed by atoms with van der Waals surface area (Å²) in [5, 5.41) is 13.1. The number of carbonyl (C=O) groups is 1. The number of benzene rings is 2. The van der Waals surface area contributed by atoms with E-state index in [9.17, 15) is 19.3 Å². The van der Waals surface area contributed by atoms with Crippen LogP contribution in [0.5, 0.6) is 0 Å². The average molecular weight is 289 g/mol. The van der Waals surface area contributed by atoms with Crippen molar-refractivity contribution >= 4 is 23.0 Å². The number of rotatable bonds is 3. The van der Waals surface area contributed by atoms with Gasteiger partial charge in [0, 0.05) is 11.6 Å². The molecule has 0 aliphatic heterocycles. The van der Waals surface area contributed by atoms with Crippen LogP contribution in [0, 0.1) is 22.9 Å². The van der Waals surface area contributed by atoms with Crippen molar-refractivity contribution in [2.45, 2.75) is 6.92 Å². The topological polar surface area (TPSA) is 98.3 Å². The molecule has 0 saturated carbocycles. The van der Waals surface area contributed by atoms with Gasteiger partial charge in [-0.15, -0.1) is 0 Å². The third-order valence-electron chi connectivity index (χ3n) is 2.86. The Morgan fingerprint density at radius 3 is 2.62 bits per heavy atom. The van der Waals surface area contributed by atoms with E-state index in [0.29, 0.717) is 5.56 Å². The molecule has 1 amide bonds. The second kappa shape index (κ2) is 5.58. The maximum atomic E-state index is 13.7. The van der Waals surface area contributed by atoms with Gasteiger partial charge in [-0.25, -0.2) is 4.39 Å². The van der Waals surface area contributed by atoms with Crippen LogP contribution < -0.4 is 11.1 Å². The van der Waals surface area contributed by atoms with Gasteiger partial charge in [-0.1, -0.05) is 6.07 Å². The van der Waals surface area contributed by atoms with Crippen LogP contribution in [-0.4, -0.2) is 10.8 Å². The summed E-state index contributed by atoms with van der Waals surface area (Å²) in [6, 6.07) is 8.00. The summed E-state index contributed by atoms with van der Waals surface area (Å²) >= 11 is 0. The lowest BCUT2D eigenvalue weighted by atomic mass is 10.1. The fraction of sp³-hybridized carbons (Fsp3) is 0.0714. The second-order valence-electron chi connectivity index (χ2n) is 4.47. The molecule has 0 aromatic heterocycles. The highest BCUT2D eigenvalue weighted by Gasteiger charge is 2.16. The maximum absolute atomic E-state index is 13.7. The van der Waals surface area contributed by atoms with Crippen molar-refractivity contribution in [3.8, 4) is 0 Å². The highest BCUT2D eigenvalue weighted by atomic mass is 19.1. The van der Waals surface area contributed by atoms with Gasteiger partial charge in [0.1, 0.15) is 11.5 Å². The lowest BCUT2D eigenvalue weighted by molar-refractivity contribution is -0.383. The van der Waals surface area contributed by atoms with Crippen molar-refractivity contribution in [1.82, 2.24) is 0 Å². The van der Waals surface area contributed by atoms with Crippen molar-refractivity contribution in [3.63, 3.8) is 0 Å². The fourth-order valence-electron chi connectivity index (χ4n) is 1.76. The van der Waals surface area contributed by atoms with Crippen LogP contribution in [0.25, 0.3) is 0 Å². The summed E-state index contributed by atoms with van der Waals surface area (Å²) in [6.45, 7) is 1.72. The number of nitrogens with two attached hydrogens (primary N) is 1. The van der Waals surface area contributed by atoms with Gasteiger partial charge in [0.25, 0.3) is 11.6 Å². The number of nitro benzene ring substituents is 1. The minimum atomic E-state index is -0.682. The van der Waals surface area contributed by atoms with E-state index in [2.05, 4.69) is 5.32 Å². The van der Waals surface area contributed by atoms with Crippen LogP contribution in [0.4, 0.5) is 21.5 Å². The number of nitrogens with one attached hydrogen (secondary N) is 1. The summed E-state index contributed by atoms with van der Waals surface area (Å²) < 4.78 is 13.7. The van der Waals surface area contributed by atoms with Crippen LogP contribution in [0.1, 0.15) is 15.9 Å². The lowest BCUT2D eigenvalue weighted by Gasteiger charge is -2.07. The average Bonchev–Trinajstić information content (AvgIpc) is 2.42. The lowest BCUT2D eigenvalue weighted by Crippen LogP contribution is -2.13. The SMILES string of the molecule is Cc1ccc(NC(=O)c2ccc(N)c([N+](=O)[O-])c2)c(F)c1. The number of amides is 1. The smallest absolute Gasteiger partial charge is 0.292 e. The maximum Gasteiger partial charge on any atom is 0.292 e. The van der Waals surface area contributed by atoms with Crippen molar-refractivity contribution in [3.05, 3.63) is 63.5 Å². The number of anilines is 2. The van der Waals surface area contributed by atoms with E-state index in [1.165, 1.54) is 24.3 Å². The van der Waals surface area contributed by atoms with Gasteiger partial charge in [-0.2, -0.15) is 0 Å². The molecule has 108 valence electrons. The molecular formula is C14H12FN3O3. The summed E-state index contributed by atoms with van der Waals surface area (Å²) in [7, 11) is 0. The van der Waals surface area contributed by atoms with Gasteiger partial charge >= 0.3 is 0 Å². The number of nitrogens with zero attached hydrogens (tertiary/aromatic N) is 1. The monoisotopic (exact) mass is 289 g/mol. The summed E-state index contributed by atoms with van der Waals surface area (Å²) in [6.07, 6.45) is 0. The molecule has 0 aliphatic rings. The fourth-order valence-corrected chi connectivity index (χ4v) is 1.76. The molecule has 7 heteroatoms. The highest BCUT2D eigenvalue weighted by Crippen LogP contribution is 2.23. The van der Waals surface area contributed by atoms with Gasteiger partial charge in [-0.05, 0) is 36.8 Å². The van der Waals surface area contributed by atoms with Crippen molar-refractivity contribution in [1.29, 1.82) is 0 Å². The molecular weight excluding hydrogens is 277 g/mol. The van der Waals surface area contributed by atoms with Gasteiger partial charge in [0.05, 0.1) is 10.6 Å². The van der Waals surface area contributed by atoms with Crippen LogP contribution in [-0.2, 0) is 0 Å². The predicted octanol–water partition coefficient (Wildman–Crippen LogP) is 2.88. The molecule has 0 fully saturated rings. The molecule has 0 radical (unpaired) electrons. The predicted molar refractivity (Wildman–Crippen MR) is 76.6 cm³/mol. The molecule has 2 aromatic rings. The molecule has 0 heterocycles. The summed E-state index contributed by atoms with van der Waals surface area (Å²) in [5.74, 6) is -1.23. The Bertz CT molecular complexity index is 731. The first-order chi connectivity index (χ1) is 9.88. The van der Waals surface area contributed by atoms with Gasteiger partial charge in [0.15, 0.2) is 0 Å². The second-order valence-corrected chi connectivity index (χ2v) is 4.47. The first kappa shape index (κ1) is 14.4. The van der Waals surface area contributed by atoms with Crippen molar-refractivity contribution in [2.24, 2.45) is 0 Å².